The Hall–Kier alpha value is -1.77. The molecule has 0 amide bonds. The van der Waals surface area contributed by atoms with Crippen LogP contribution in [0.5, 0.6) is 0 Å². The molecule has 0 aliphatic heterocycles. The van der Waals surface area contributed by atoms with E-state index in [-0.39, 0.29) is 11.4 Å². The lowest BCUT2D eigenvalue weighted by molar-refractivity contribution is 0.579. The quantitative estimate of drug-likeness (QED) is 0.782. The second kappa shape index (κ2) is 6.12. The number of hydrogen-bond acceptors (Lipinski definition) is 5. The molecule has 0 aromatic carbocycles. The van der Waals surface area contributed by atoms with Gasteiger partial charge in [0.2, 0.25) is 10.0 Å². The SMILES string of the molecule is Cc1cccnc1CNS(=O)(=O)c1cnn(CCN)c1. The van der Waals surface area contributed by atoms with Crippen molar-refractivity contribution in [2.75, 3.05) is 6.54 Å². The van der Waals surface area contributed by atoms with Crippen molar-refractivity contribution in [3.63, 3.8) is 0 Å². The van der Waals surface area contributed by atoms with E-state index in [9.17, 15) is 8.42 Å². The van der Waals surface area contributed by atoms with Gasteiger partial charge in [0.1, 0.15) is 4.90 Å². The molecule has 3 N–H and O–H groups in total. The molecule has 2 aromatic heterocycles. The normalized spacial score (nSPS) is 11.7. The van der Waals surface area contributed by atoms with Gasteiger partial charge < -0.3 is 5.73 Å². The molecule has 0 spiro atoms. The van der Waals surface area contributed by atoms with E-state index in [1.165, 1.54) is 17.1 Å². The maximum Gasteiger partial charge on any atom is 0.244 e. The lowest BCUT2D eigenvalue weighted by Gasteiger charge is -2.06. The van der Waals surface area contributed by atoms with Gasteiger partial charge in [-0.2, -0.15) is 5.10 Å². The fourth-order valence-corrected chi connectivity index (χ4v) is 2.63. The standard InChI is InChI=1S/C12H17N5O2S/c1-10-3-2-5-14-12(10)8-16-20(18,19)11-7-15-17(9-11)6-4-13/h2-3,5,7,9,16H,4,6,8,13H2,1H3. The molecule has 0 fully saturated rings. The van der Waals surface area contributed by atoms with Gasteiger partial charge in [-0.15, -0.1) is 0 Å². The fraction of sp³-hybridized carbons (Fsp3) is 0.333. The van der Waals surface area contributed by atoms with Gasteiger partial charge in [0.05, 0.1) is 25.0 Å². The molecule has 0 aliphatic rings. The molecule has 0 saturated carbocycles. The van der Waals surface area contributed by atoms with Gasteiger partial charge in [-0.3, -0.25) is 9.67 Å². The Balaban J connectivity index is 2.09. The summed E-state index contributed by atoms with van der Waals surface area (Å²) >= 11 is 0. The first-order valence-electron chi connectivity index (χ1n) is 6.15. The smallest absolute Gasteiger partial charge is 0.244 e. The average Bonchev–Trinajstić information content (AvgIpc) is 2.88. The summed E-state index contributed by atoms with van der Waals surface area (Å²) < 4.78 is 28.2. The molecule has 7 nitrogen and oxygen atoms in total. The summed E-state index contributed by atoms with van der Waals surface area (Å²) in [5.41, 5.74) is 7.03. The Morgan fingerprint density at radius 3 is 2.95 bits per heavy atom. The maximum absolute atomic E-state index is 12.1. The van der Waals surface area contributed by atoms with Crippen molar-refractivity contribution in [3.8, 4) is 0 Å². The van der Waals surface area contributed by atoms with E-state index in [1.54, 1.807) is 6.20 Å². The van der Waals surface area contributed by atoms with Gasteiger partial charge in [-0.25, -0.2) is 13.1 Å². The molecule has 0 saturated heterocycles. The second-order valence-electron chi connectivity index (χ2n) is 4.32. The van der Waals surface area contributed by atoms with E-state index in [2.05, 4.69) is 14.8 Å². The van der Waals surface area contributed by atoms with Crippen molar-refractivity contribution >= 4 is 10.0 Å². The van der Waals surface area contributed by atoms with Gasteiger partial charge in [0.25, 0.3) is 0 Å². The minimum atomic E-state index is -3.59. The van der Waals surface area contributed by atoms with E-state index in [4.69, 9.17) is 5.73 Å². The predicted octanol–water partition coefficient (Wildman–Crippen LogP) is 0.0237. The van der Waals surface area contributed by atoms with Crippen LogP contribution in [0.2, 0.25) is 0 Å². The number of aromatic nitrogens is 3. The number of nitrogens with two attached hydrogens (primary N) is 1. The van der Waals surface area contributed by atoms with E-state index in [1.807, 2.05) is 19.1 Å². The third-order valence-corrected chi connectivity index (χ3v) is 4.18. The Labute approximate surface area is 117 Å². The highest BCUT2D eigenvalue weighted by Gasteiger charge is 2.16. The Morgan fingerprint density at radius 2 is 2.25 bits per heavy atom. The van der Waals surface area contributed by atoms with E-state index in [0.717, 1.165) is 5.56 Å². The van der Waals surface area contributed by atoms with Crippen LogP contribution in [0.3, 0.4) is 0 Å². The van der Waals surface area contributed by atoms with Crippen LogP contribution in [0.25, 0.3) is 0 Å². The summed E-state index contributed by atoms with van der Waals surface area (Å²) in [6.45, 7) is 2.92. The van der Waals surface area contributed by atoms with E-state index >= 15 is 0 Å². The number of hydrogen-bond donors (Lipinski definition) is 2. The average molecular weight is 295 g/mol. The van der Waals surface area contributed by atoms with Crippen molar-refractivity contribution in [2.24, 2.45) is 5.73 Å². The maximum atomic E-state index is 12.1. The lowest BCUT2D eigenvalue weighted by Crippen LogP contribution is -2.24. The molecule has 0 atom stereocenters. The van der Waals surface area contributed by atoms with Gasteiger partial charge in [0.15, 0.2) is 0 Å². The molecule has 20 heavy (non-hydrogen) atoms. The van der Waals surface area contributed by atoms with E-state index in [0.29, 0.717) is 18.8 Å². The Morgan fingerprint density at radius 1 is 1.45 bits per heavy atom. The van der Waals surface area contributed by atoms with Crippen molar-refractivity contribution in [2.45, 2.75) is 24.9 Å². The highest BCUT2D eigenvalue weighted by atomic mass is 32.2. The van der Waals surface area contributed by atoms with Crippen molar-refractivity contribution < 1.29 is 8.42 Å². The van der Waals surface area contributed by atoms with Crippen molar-refractivity contribution in [3.05, 3.63) is 42.0 Å². The molecule has 0 radical (unpaired) electrons. The first-order valence-corrected chi connectivity index (χ1v) is 7.64. The number of sulfonamides is 1. The summed E-state index contributed by atoms with van der Waals surface area (Å²) in [5.74, 6) is 0. The summed E-state index contributed by atoms with van der Waals surface area (Å²) in [7, 11) is -3.59. The molecule has 108 valence electrons. The Bertz CT molecular complexity index is 681. The molecule has 0 aliphatic carbocycles. The predicted molar refractivity (Wildman–Crippen MR) is 74.3 cm³/mol. The molecule has 2 rings (SSSR count). The van der Waals surface area contributed by atoms with Crippen LogP contribution >= 0.6 is 0 Å². The first kappa shape index (κ1) is 14.6. The fourth-order valence-electron chi connectivity index (χ4n) is 1.69. The summed E-state index contributed by atoms with van der Waals surface area (Å²) in [4.78, 5) is 4.27. The van der Waals surface area contributed by atoms with Gasteiger partial charge in [-0.05, 0) is 18.6 Å². The third-order valence-electron chi connectivity index (χ3n) is 2.83. The highest BCUT2D eigenvalue weighted by Crippen LogP contribution is 2.09. The molecule has 8 heteroatoms. The lowest BCUT2D eigenvalue weighted by atomic mass is 10.2. The minimum Gasteiger partial charge on any atom is -0.329 e. The van der Waals surface area contributed by atoms with Gasteiger partial charge in [0, 0.05) is 18.9 Å². The highest BCUT2D eigenvalue weighted by molar-refractivity contribution is 7.89. The Kier molecular flexibility index (Phi) is 4.48. The van der Waals surface area contributed by atoms with Crippen LogP contribution in [0, 0.1) is 6.92 Å². The monoisotopic (exact) mass is 295 g/mol. The van der Waals surface area contributed by atoms with Crippen LogP contribution in [-0.2, 0) is 23.1 Å². The topological polar surface area (TPSA) is 103 Å². The number of nitrogens with zero attached hydrogens (tertiary/aromatic N) is 3. The largest absolute Gasteiger partial charge is 0.329 e. The number of rotatable bonds is 6. The third kappa shape index (κ3) is 3.41. The summed E-state index contributed by atoms with van der Waals surface area (Å²) in [6.07, 6.45) is 4.40. The molecule has 0 bridgehead atoms. The number of nitrogens with one attached hydrogen (secondary N) is 1. The van der Waals surface area contributed by atoms with E-state index < -0.39 is 10.0 Å². The van der Waals surface area contributed by atoms with Crippen LogP contribution < -0.4 is 10.5 Å². The van der Waals surface area contributed by atoms with Crippen LogP contribution in [0.1, 0.15) is 11.3 Å². The summed E-state index contributed by atoms with van der Waals surface area (Å²) in [5, 5.41) is 3.95. The van der Waals surface area contributed by atoms with Crippen molar-refractivity contribution in [1.29, 1.82) is 0 Å². The van der Waals surface area contributed by atoms with Gasteiger partial charge >= 0.3 is 0 Å². The summed E-state index contributed by atoms with van der Waals surface area (Å²) in [6, 6.07) is 3.69. The number of pyridine rings is 1. The second-order valence-corrected chi connectivity index (χ2v) is 6.09. The molecular weight excluding hydrogens is 278 g/mol. The first-order chi connectivity index (χ1) is 9.53. The zero-order valence-corrected chi connectivity index (χ0v) is 12.0. The molecule has 0 unspecified atom stereocenters. The molecular formula is C12H17N5O2S. The van der Waals surface area contributed by atoms with Crippen LogP contribution in [0.4, 0.5) is 0 Å². The van der Waals surface area contributed by atoms with Crippen LogP contribution in [-0.4, -0.2) is 29.7 Å². The van der Waals surface area contributed by atoms with Crippen LogP contribution in [0.15, 0.2) is 35.6 Å². The van der Waals surface area contributed by atoms with Crippen molar-refractivity contribution in [1.82, 2.24) is 19.5 Å². The zero-order valence-electron chi connectivity index (χ0n) is 11.2. The zero-order chi connectivity index (χ0) is 14.6. The molecule has 2 heterocycles. The molecule has 2 aromatic rings. The number of aryl methyl sites for hydroxylation is 1. The van der Waals surface area contributed by atoms with Gasteiger partial charge in [-0.1, -0.05) is 6.07 Å². The minimum absolute atomic E-state index is 0.125.